The van der Waals surface area contributed by atoms with E-state index in [0.717, 1.165) is 5.56 Å². The van der Waals surface area contributed by atoms with E-state index in [1.807, 2.05) is 6.07 Å². The van der Waals surface area contributed by atoms with E-state index >= 15 is 0 Å². The third kappa shape index (κ3) is 3.80. The molecule has 0 aliphatic heterocycles. The van der Waals surface area contributed by atoms with Crippen molar-refractivity contribution in [1.29, 1.82) is 5.26 Å². The van der Waals surface area contributed by atoms with Crippen LogP contribution in [-0.4, -0.2) is 25.5 Å². The number of benzene rings is 1. The number of carboxylic acid groups (broad SMARTS) is 1. The number of nitriles is 1. The fourth-order valence-corrected chi connectivity index (χ4v) is 3.76. The zero-order valence-electron chi connectivity index (χ0n) is 11.3. The molecule has 1 saturated carbocycles. The highest BCUT2D eigenvalue weighted by Gasteiger charge is 2.32. The van der Waals surface area contributed by atoms with Gasteiger partial charge in [-0.2, -0.15) is 5.26 Å². The minimum Gasteiger partial charge on any atom is -0.481 e. The monoisotopic (exact) mass is 308 g/mol. The smallest absolute Gasteiger partial charge is 0.306 e. The molecular formula is C14H16N2O4S. The van der Waals surface area contributed by atoms with Crippen molar-refractivity contribution in [3.8, 4) is 6.07 Å². The molecule has 1 aliphatic rings. The topological polar surface area (TPSA) is 107 Å². The first-order valence-corrected chi connectivity index (χ1v) is 8.11. The van der Waals surface area contributed by atoms with Crippen LogP contribution in [0.1, 0.15) is 24.8 Å². The number of aliphatic carboxylic acids is 1. The zero-order chi connectivity index (χ0) is 15.5. The SMILES string of the molecule is N#CCc1ccc(S(=O)(=O)NC2CCC(C(=O)O)C2)cc1. The van der Waals surface area contributed by atoms with Crippen LogP contribution in [0.3, 0.4) is 0 Å². The average Bonchev–Trinajstić information content (AvgIpc) is 2.88. The van der Waals surface area contributed by atoms with E-state index in [9.17, 15) is 13.2 Å². The second-order valence-corrected chi connectivity index (χ2v) is 6.86. The summed E-state index contributed by atoms with van der Waals surface area (Å²) in [6, 6.07) is 7.78. The average molecular weight is 308 g/mol. The Morgan fingerprint density at radius 3 is 2.52 bits per heavy atom. The maximum atomic E-state index is 12.2. The Hall–Kier alpha value is -1.91. The number of nitrogens with zero attached hydrogens (tertiary/aromatic N) is 1. The number of nitrogens with one attached hydrogen (secondary N) is 1. The van der Waals surface area contributed by atoms with Crippen molar-refractivity contribution in [3.05, 3.63) is 29.8 Å². The molecule has 0 spiro atoms. The Labute approximate surface area is 123 Å². The molecule has 1 aromatic rings. The number of sulfonamides is 1. The number of rotatable bonds is 5. The summed E-state index contributed by atoms with van der Waals surface area (Å²) >= 11 is 0. The Kier molecular flexibility index (Phi) is 4.60. The van der Waals surface area contributed by atoms with E-state index < -0.39 is 21.9 Å². The van der Waals surface area contributed by atoms with E-state index in [0.29, 0.717) is 19.3 Å². The lowest BCUT2D eigenvalue weighted by molar-refractivity contribution is -0.141. The highest BCUT2D eigenvalue weighted by atomic mass is 32.2. The maximum Gasteiger partial charge on any atom is 0.306 e. The molecule has 1 aliphatic carbocycles. The van der Waals surface area contributed by atoms with E-state index in [-0.39, 0.29) is 17.4 Å². The van der Waals surface area contributed by atoms with Crippen LogP contribution in [0.15, 0.2) is 29.2 Å². The summed E-state index contributed by atoms with van der Waals surface area (Å²) in [4.78, 5) is 11.0. The zero-order valence-corrected chi connectivity index (χ0v) is 12.1. The van der Waals surface area contributed by atoms with Gasteiger partial charge in [-0.15, -0.1) is 0 Å². The van der Waals surface area contributed by atoms with Gasteiger partial charge in [0.15, 0.2) is 0 Å². The van der Waals surface area contributed by atoms with Gasteiger partial charge in [-0.05, 0) is 37.0 Å². The van der Waals surface area contributed by atoms with Gasteiger partial charge in [-0.1, -0.05) is 12.1 Å². The number of carbonyl (C=O) groups is 1. The summed E-state index contributed by atoms with van der Waals surface area (Å²) in [6.07, 6.45) is 1.57. The summed E-state index contributed by atoms with van der Waals surface area (Å²) in [5, 5.41) is 17.5. The molecule has 1 fully saturated rings. The van der Waals surface area contributed by atoms with Gasteiger partial charge in [0.2, 0.25) is 10.0 Å². The molecule has 0 aromatic heterocycles. The quantitative estimate of drug-likeness (QED) is 0.852. The molecule has 0 radical (unpaired) electrons. The highest BCUT2D eigenvalue weighted by molar-refractivity contribution is 7.89. The minimum absolute atomic E-state index is 0.128. The predicted octanol–water partition coefficient (Wildman–Crippen LogP) is 1.28. The van der Waals surface area contributed by atoms with Crippen molar-refractivity contribution >= 4 is 16.0 Å². The Morgan fingerprint density at radius 1 is 1.33 bits per heavy atom. The molecule has 0 amide bonds. The van der Waals surface area contributed by atoms with Crippen molar-refractivity contribution < 1.29 is 18.3 Å². The third-order valence-corrected chi connectivity index (χ3v) is 5.16. The van der Waals surface area contributed by atoms with Gasteiger partial charge in [-0.25, -0.2) is 13.1 Å². The first-order valence-electron chi connectivity index (χ1n) is 6.63. The van der Waals surface area contributed by atoms with Crippen LogP contribution in [0, 0.1) is 17.2 Å². The van der Waals surface area contributed by atoms with Gasteiger partial charge in [0, 0.05) is 6.04 Å². The van der Waals surface area contributed by atoms with E-state index in [1.54, 1.807) is 12.1 Å². The van der Waals surface area contributed by atoms with Crippen molar-refractivity contribution in [3.63, 3.8) is 0 Å². The van der Waals surface area contributed by atoms with Crippen LogP contribution in [0.25, 0.3) is 0 Å². The summed E-state index contributed by atoms with van der Waals surface area (Å²) in [7, 11) is -3.65. The van der Waals surface area contributed by atoms with Gasteiger partial charge in [0.25, 0.3) is 0 Å². The molecule has 0 heterocycles. The Balaban J connectivity index is 2.05. The molecule has 0 bridgehead atoms. The lowest BCUT2D eigenvalue weighted by Gasteiger charge is -2.13. The lowest BCUT2D eigenvalue weighted by Crippen LogP contribution is -2.33. The van der Waals surface area contributed by atoms with Crippen LogP contribution in [-0.2, 0) is 21.2 Å². The molecule has 2 unspecified atom stereocenters. The molecule has 7 heteroatoms. The van der Waals surface area contributed by atoms with Gasteiger partial charge < -0.3 is 5.11 Å². The van der Waals surface area contributed by atoms with E-state index in [1.165, 1.54) is 12.1 Å². The van der Waals surface area contributed by atoms with Gasteiger partial charge >= 0.3 is 5.97 Å². The first-order chi connectivity index (χ1) is 9.92. The van der Waals surface area contributed by atoms with Crippen molar-refractivity contribution in [1.82, 2.24) is 4.72 Å². The molecule has 112 valence electrons. The predicted molar refractivity (Wildman–Crippen MR) is 74.8 cm³/mol. The number of hydrogen-bond donors (Lipinski definition) is 2. The Bertz CT molecular complexity index is 661. The van der Waals surface area contributed by atoms with E-state index in [4.69, 9.17) is 10.4 Å². The fraction of sp³-hybridized carbons (Fsp3) is 0.429. The van der Waals surface area contributed by atoms with Gasteiger partial charge in [0.1, 0.15) is 0 Å². The number of hydrogen-bond acceptors (Lipinski definition) is 4. The molecule has 0 saturated heterocycles. The summed E-state index contributed by atoms with van der Waals surface area (Å²) < 4.78 is 27.0. The molecule has 1 aromatic carbocycles. The van der Waals surface area contributed by atoms with Crippen LogP contribution in [0.5, 0.6) is 0 Å². The first kappa shape index (κ1) is 15.5. The standard InChI is InChI=1S/C14H16N2O4S/c15-8-7-10-1-5-13(6-2-10)21(19,20)16-12-4-3-11(9-12)14(17)18/h1-2,5-6,11-12,16H,3-4,7,9H2,(H,17,18). The normalized spacial score (nSPS) is 21.9. The van der Waals surface area contributed by atoms with E-state index in [2.05, 4.69) is 4.72 Å². The summed E-state index contributed by atoms with van der Waals surface area (Å²) in [6.45, 7) is 0. The third-order valence-electron chi connectivity index (χ3n) is 3.62. The molecule has 2 N–H and O–H groups in total. The summed E-state index contributed by atoms with van der Waals surface area (Å²) in [5.41, 5.74) is 0.753. The maximum absolute atomic E-state index is 12.2. The van der Waals surface area contributed by atoms with Crippen molar-refractivity contribution in [2.24, 2.45) is 5.92 Å². The number of carboxylic acids is 1. The van der Waals surface area contributed by atoms with Gasteiger partial charge in [0.05, 0.1) is 23.3 Å². The van der Waals surface area contributed by atoms with Crippen LogP contribution >= 0.6 is 0 Å². The fourth-order valence-electron chi connectivity index (χ4n) is 2.48. The second kappa shape index (κ2) is 6.24. The van der Waals surface area contributed by atoms with Crippen LogP contribution < -0.4 is 4.72 Å². The highest BCUT2D eigenvalue weighted by Crippen LogP contribution is 2.27. The largest absolute Gasteiger partial charge is 0.481 e. The van der Waals surface area contributed by atoms with Gasteiger partial charge in [-0.3, -0.25) is 4.79 Å². The summed E-state index contributed by atoms with van der Waals surface area (Å²) in [5.74, 6) is -1.35. The van der Waals surface area contributed by atoms with Crippen molar-refractivity contribution in [2.45, 2.75) is 36.6 Å². The second-order valence-electron chi connectivity index (χ2n) is 5.15. The van der Waals surface area contributed by atoms with Crippen molar-refractivity contribution in [2.75, 3.05) is 0 Å². The molecule has 2 rings (SSSR count). The molecule has 2 atom stereocenters. The molecule has 21 heavy (non-hydrogen) atoms. The molecular weight excluding hydrogens is 292 g/mol. The van der Waals surface area contributed by atoms with Crippen LogP contribution in [0.4, 0.5) is 0 Å². The minimum atomic E-state index is -3.65. The van der Waals surface area contributed by atoms with Crippen LogP contribution in [0.2, 0.25) is 0 Å². The molecule has 6 nitrogen and oxygen atoms in total. The Morgan fingerprint density at radius 2 is 2.00 bits per heavy atom. The lowest BCUT2D eigenvalue weighted by atomic mass is 10.1.